The largest absolute Gasteiger partial charge is 0.393 e. The Morgan fingerprint density at radius 3 is 2.82 bits per heavy atom. The Kier molecular flexibility index (Phi) is 4.37. The van der Waals surface area contributed by atoms with Gasteiger partial charge in [0.05, 0.1) is 6.10 Å². The summed E-state index contributed by atoms with van der Waals surface area (Å²) < 4.78 is 13.1. The van der Waals surface area contributed by atoms with Crippen molar-refractivity contribution in [3.05, 3.63) is 34.6 Å². The van der Waals surface area contributed by atoms with E-state index in [0.717, 1.165) is 31.4 Å². The molecule has 0 heterocycles. The maximum Gasteiger partial charge on any atom is 0.125 e. The van der Waals surface area contributed by atoms with Crippen molar-refractivity contribution in [2.75, 3.05) is 6.54 Å². The summed E-state index contributed by atoms with van der Waals surface area (Å²) in [6.07, 6.45) is 2.88. The van der Waals surface area contributed by atoms with E-state index in [4.69, 9.17) is 11.6 Å². The first kappa shape index (κ1) is 12.8. The monoisotopic (exact) mass is 257 g/mol. The van der Waals surface area contributed by atoms with E-state index in [1.54, 1.807) is 6.07 Å². The third kappa shape index (κ3) is 3.66. The molecule has 17 heavy (non-hydrogen) atoms. The maximum atomic E-state index is 13.1. The lowest BCUT2D eigenvalue weighted by Gasteiger charge is -2.15. The maximum absolute atomic E-state index is 13.1. The highest BCUT2D eigenvalue weighted by Gasteiger charge is 2.24. The van der Waals surface area contributed by atoms with Gasteiger partial charge in [0.15, 0.2) is 0 Å². The summed E-state index contributed by atoms with van der Waals surface area (Å²) in [4.78, 5) is 0. The molecule has 1 aromatic rings. The molecular formula is C13H17ClFNO. The van der Waals surface area contributed by atoms with Crippen molar-refractivity contribution in [1.29, 1.82) is 0 Å². The highest BCUT2D eigenvalue weighted by molar-refractivity contribution is 6.30. The lowest BCUT2D eigenvalue weighted by Crippen LogP contribution is -2.27. The molecule has 0 amide bonds. The van der Waals surface area contributed by atoms with Gasteiger partial charge in [0.2, 0.25) is 0 Å². The lowest BCUT2D eigenvalue weighted by molar-refractivity contribution is 0.131. The minimum atomic E-state index is -0.310. The van der Waals surface area contributed by atoms with Gasteiger partial charge in [0.25, 0.3) is 0 Å². The number of aliphatic hydroxyl groups is 1. The molecule has 0 spiro atoms. The smallest absolute Gasteiger partial charge is 0.125 e. The molecule has 2 N–H and O–H groups in total. The van der Waals surface area contributed by atoms with Crippen molar-refractivity contribution < 1.29 is 9.50 Å². The number of hydrogen-bond donors (Lipinski definition) is 2. The molecule has 0 aliphatic heterocycles. The van der Waals surface area contributed by atoms with E-state index < -0.39 is 0 Å². The van der Waals surface area contributed by atoms with Gasteiger partial charge in [-0.2, -0.15) is 0 Å². The van der Waals surface area contributed by atoms with Gasteiger partial charge in [0.1, 0.15) is 5.82 Å². The molecule has 94 valence electrons. The van der Waals surface area contributed by atoms with E-state index in [9.17, 15) is 9.50 Å². The Morgan fingerprint density at radius 2 is 2.18 bits per heavy atom. The molecule has 2 unspecified atom stereocenters. The van der Waals surface area contributed by atoms with Gasteiger partial charge in [-0.15, -0.1) is 0 Å². The van der Waals surface area contributed by atoms with Gasteiger partial charge < -0.3 is 10.4 Å². The molecule has 2 nitrogen and oxygen atoms in total. The molecular weight excluding hydrogens is 241 g/mol. The van der Waals surface area contributed by atoms with Crippen LogP contribution in [0.2, 0.25) is 5.02 Å². The standard InChI is InChI=1S/C13H17ClFNO/c14-11-4-9(5-12(15)6-11)7-16-8-10-2-1-3-13(10)17/h4-6,10,13,16-17H,1-3,7-8H2. The van der Waals surface area contributed by atoms with Gasteiger partial charge in [-0.25, -0.2) is 4.39 Å². The minimum absolute atomic E-state index is 0.182. The summed E-state index contributed by atoms with van der Waals surface area (Å²) in [6.45, 7) is 1.36. The van der Waals surface area contributed by atoms with Crippen molar-refractivity contribution in [2.24, 2.45) is 5.92 Å². The van der Waals surface area contributed by atoms with E-state index in [2.05, 4.69) is 5.32 Å². The van der Waals surface area contributed by atoms with Crippen LogP contribution in [0.15, 0.2) is 18.2 Å². The Bertz CT molecular complexity index is 365. The fourth-order valence-corrected chi connectivity index (χ4v) is 2.61. The van der Waals surface area contributed by atoms with E-state index in [0.29, 0.717) is 17.5 Å². The van der Waals surface area contributed by atoms with Crippen LogP contribution in [0.25, 0.3) is 0 Å². The van der Waals surface area contributed by atoms with Gasteiger partial charge in [0, 0.05) is 18.1 Å². The van der Waals surface area contributed by atoms with E-state index in [-0.39, 0.29) is 11.9 Å². The number of nitrogens with one attached hydrogen (secondary N) is 1. The lowest BCUT2D eigenvalue weighted by atomic mass is 10.1. The summed E-state index contributed by atoms with van der Waals surface area (Å²) in [5.41, 5.74) is 0.836. The summed E-state index contributed by atoms with van der Waals surface area (Å²) >= 11 is 5.77. The fourth-order valence-electron chi connectivity index (χ4n) is 2.37. The van der Waals surface area contributed by atoms with Gasteiger partial charge in [-0.3, -0.25) is 0 Å². The molecule has 4 heteroatoms. The highest BCUT2D eigenvalue weighted by Crippen LogP contribution is 2.24. The molecule has 0 radical (unpaired) electrons. The van der Waals surface area contributed by atoms with Crippen LogP contribution in [0.3, 0.4) is 0 Å². The molecule has 2 atom stereocenters. The average Bonchev–Trinajstić information content (AvgIpc) is 2.63. The van der Waals surface area contributed by atoms with Crippen LogP contribution in [-0.4, -0.2) is 17.8 Å². The first-order valence-corrected chi connectivity index (χ1v) is 6.36. The van der Waals surface area contributed by atoms with Gasteiger partial charge in [-0.05, 0) is 42.5 Å². The average molecular weight is 258 g/mol. The molecule has 0 saturated heterocycles. The van der Waals surface area contributed by atoms with Crippen LogP contribution in [0.4, 0.5) is 4.39 Å². The Hall–Kier alpha value is -0.640. The van der Waals surface area contributed by atoms with Crippen molar-refractivity contribution in [3.63, 3.8) is 0 Å². The zero-order chi connectivity index (χ0) is 12.3. The van der Waals surface area contributed by atoms with Gasteiger partial charge in [-0.1, -0.05) is 18.0 Å². The topological polar surface area (TPSA) is 32.3 Å². The summed E-state index contributed by atoms with van der Waals surface area (Å²) in [7, 11) is 0. The molecule has 0 aromatic heterocycles. The minimum Gasteiger partial charge on any atom is -0.393 e. The zero-order valence-corrected chi connectivity index (χ0v) is 10.4. The SMILES string of the molecule is OC1CCCC1CNCc1cc(F)cc(Cl)c1. The second-order valence-electron chi connectivity index (χ2n) is 4.67. The Balaban J connectivity index is 1.81. The predicted molar refractivity (Wildman–Crippen MR) is 66.5 cm³/mol. The summed E-state index contributed by atoms with van der Waals surface area (Å²) in [6, 6.07) is 4.53. The molecule has 1 aliphatic carbocycles. The second-order valence-corrected chi connectivity index (χ2v) is 5.10. The number of hydrogen-bond acceptors (Lipinski definition) is 2. The normalized spacial score (nSPS) is 24.2. The van der Waals surface area contributed by atoms with Crippen LogP contribution in [0.1, 0.15) is 24.8 Å². The molecule has 0 bridgehead atoms. The van der Waals surface area contributed by atoms with Crippen molar-refractivity contribution in [3.8, 4) is 0 Å². The third-order valence-corrected chi connectivity index (χ3v) is 3.50. The van der Waals surface area contributed by atoms with E-state index in [1.807, 2.05) is 0 Å². The zero-order valence-electron chi connectivity index (χ0n) is 9.63. The summed E-state index contributed by atoms with van der Waals surface area (Å²) in [5.74, 6) is 0.0224. The van der Waals surface area contributed by atoms with Crippen molar-refractivity contribution >= 4 is 11.6 Å². The first-order chi connectivity index (χ1) is 8.15. The number of aliphatic hydroxyl groups excluding tert-OH is 1. The molecule has 1 fully saturated rings. The molecule has 1 aliphatic rings. The fraction of sp³-hybridized carbons (Fsp3) is 0.538. The molecule has 2 rings (SSSR count). The molecule has 1 saturated carbocycles. The van der Waals surface area contributed by atoms with Crippen LogP contribution in [-0.2, 0) is 6.54 Å². The van der Waals surface area contributed by atoms with E-state index >= 15 is 0 Å². The van der Waals surface area contributed by atoms with Crippen molar-refractivity contribution in [2.45, 2.75) is 31.9 Å². The highest BCUT2D eigenvalue weighted by atomic mass is 35.5. The van der Waals surface area contributed by atoms with Crippen LogP contribution in [0.5, 0.6) is 0 Å². The van der Waals surface area contributed by atoms with Crippen LogP contribution in [0, 0.1) is 11.7 Å². The number of halogens is 2. The number of rotatable bonds is 4. The third-order valence-electron chi connectivity index (χ3n) is 3.28. The predicted octanol–water partition coefficient (Wildman–Crippen LogP) is 2.73. The Labute approximate surface area is 106 Å². The Morgan fingerprint density at radius 1 is 1.35 bits per heavy atom. The quantitative estimate of drug-likeness (QED) is 0.869. The first-order valence-electron chi connectivity index (χ1n) is 5.99. The molecule has 1 aromatic carbocycles. The summed E-state index contributed by atoms with van der Waals surface area (Å²) in [5, 5.41) is 13.3. The van der Waals surface area contributed by atoms with Crippen molar-refractivity contribution in [1.82, 2.24) is 5.32 Å². The van der Waals surface area contributed by atoms with Gasteiger partial charge >= 0.3 is 0 Å². The number of benzene rings is 1. The second kappa shape index (κ2) is 5.80. The van der Waals surface area contributed by atoms with E-state index in [1.165, 1.54) is 12.1 Å². The van der Waals surface area contributed by atoms with Crippen LogP contribution < -0.4 is 5.32 Å². The van der Waals surface area contributed by atoms with Crippen LogP contribution >= 0.6 is 11.6 Å².